The summed E-state index contributed by atoms with van der Waals surface area (Å²) in [5.41, 5.74) is 9.51. The van der Waals surface area contributed by atoms with Crippen molar-refractivity contribution in [3.63, 3.8) is 0 Å². The fourth-order valence-corrected chi connectivity index (χ4v) is 3.24. The minimum absolute atomic E-state index is 0.112. The van der Waals surface area contributed by atoms with Crippen LogP contribution in [0.4, 0.5) is 0 Å². The minimum atomic E-state index is 0.112. The van der Waals surface area contributed by atoms with E-state index in [1.165, 1.54) is 11.1 Å². The van der Waals surface area contributed by atoms with Gasteiger partial charge in [-0.05, 0) is 54.7 Å². The molecule has 2 aromatic rings. The van der Waals surface area contributed by atoms with Gasteiger partial charge in [0.1, 0.15) is 12.4 Å². The van der Waals surface area contributed by atoms with Crippen molar-refractivity contribution in [2.75, 3.05) is 0 Å². The Morgan fingerprint density at radius 1 is 1.14 bits per heavy atom. The maximum Gasteiger partial charge on any atom is 0.120 e. The van der Waals surface area contributed by atoms with Crippen LogP contribution in [0, 0.1) is 0 Å². The number of nitrogens with two attached hydrogens (primary N) is 1. The normalized spacial score (nSPS) is 17.4. The van der Waals surface area contributed by atoms with Crippen LogP contribution in [-0.4, -0.2) is 0 Å². The van der Waals surface area contributed by atoms with E-state index in [1.807, 2.05) is 30.3 Å². The van der Waals surface area contributed by atoms with Crippen molar-refractivity contribution >= 4 is 23.2 Å². The van der Waals surface area contributed by atoms with Crippen LogP contribution in [0.25, 0.3) is 0 Å². The maximum absolute atomic E-state index is 6.17. The van der Waals surface area contributed by atoms with Crippen LogP contribution in [0.15, 0.2) is 36.4 Å². The van der Waals surface area contributed by atoms with E-state index >= 15 is 0 Å². The van der Waals surface area contributed by atoms with E-state index in [9.17, 15) is 0 Å². The lowest BCUT2D eigenvalue weighted by atomic mass is 9.88. The monoisotopic (exact) mass is 321 g/mol. The lowest BCUT2D eigenvalue weighted by Crippen LogP contribution is -2.17. The van der Waals surface area contributed by atoms with Crippen molar-refractivity contribution in [1.29, 1.82) is 0 Å². The van der Waals surface area contributed by atoms with Crippen LogP contribution in [-0.2, 0) is 13.0 Å². The Kier molecular flexibility index (Phi) is 4.39. The molecule has 3 rings (SSSR count). The Morgan fingerprint density at radius 2 is 1.90 bits per heavy atom. The van der Waals surface area contributed by atoms with Gasteiger partial charge in [-0.2, -0.15) is 0 Å². The second kappa shape index (κ2) is 6.27. The predicted molar refractivity (Wildman–Crippen MR) is 87.1 cm³/mol. The van der Waals surface area contributed by atoms with E-state index in [-0.39, 0.29) is 6.04 Å². The van der Waals surface area contributed by atoms with Crippen LogP contribution in [0.1, 0.15) is 35.6 Å². The van der Waals surface area contributed by atoms with Crippen molar-refractivity contribution in [3.8, 4) is 5.75 Å². The summed E-state index contributed by atoms with van der Waals surface area (Å²) in [4.78, 5) is 0. The maximum atomic E-state index is 6.17. The lowest BCUT2D eigenvalue weighted by Gasteiger charge is -2.23. The van der Waals surface area contributed by atoms with E-state index in [0.29, 0.717) is 16.7 Å². The highest BCUT2D eigenvalue weighted by Crippen LogP contribution is 2.32. The highest BCUT2D eigenvalue weighted by atomic mass is 35.5. The standard InChI is InChI=1S/C17H17Cl2NO/c18-15-4-2-5-16(19)14(15)10-21-12-8-7-11-3-1-6-17(20)13(11)9-12/h2,4-5,7-9,17H,1,3,6,10,20H2/t17-/m0/s1. The molecule has 0 aromatic heterocycles. The van der Waals surface area contributed by atoms with Crippen molar-refractivity contribution < 1.29 is 4.74 Å². The molecule has 0 amide bonds. The molecule has 0 aliphatic heterocycles. The predicted octanol–water partition coefficient (Wildman–Crippen LogP) is 4.91. The first kappa shape index (κ1) is 14.7. The molecule has 2 aromatic carbocycles. The van der Waals surface area contributed by atoms with E-state index in [0.717, 1.165) is 30.6 Å². The largest absolute Gasteiger partial charge is 0.489 e. The van der Waals surface area contributed by atoms with Gasteiger partial charge in [-0.25, -0.2) is 0 Å². The first-order valence-electron chi connectivity index (χ1n) is 7.09. The quantitative estimate of drug-likeness (QED) is 0.871. The molecule has 1 aliphatic carbocycles. The Morgan fingerprint density at radius 3 is 2.67 bits per heavy atom. The van der Waals surface area contributed by atoms with Gasteiger partial charge in [-0.15, -0.1) is 0 Å². The molecular formula is C17H17Cl2NO. The van der Waals surface area contributed by atoms with Crippen molar-refractivity contribution in [2.45, 2.75) is 31.9 Å². The first-order valence-corrected chi connectivity index (χ1v) is 7.85. The zero-order valence-corrected chi connectivity index (χ0v) is 13.1. The zero-order valence-electron chi connectivity index (χ0n) is 11.6. The van der Waals surface area contributed by atoms with Gasteiger partial charge in [0.15, 0.2) is 0 Å². The van der Waals surface area contributed by atoms with Gasteiger partial charge in [0.2, 0.25) is 0 Å². The molecule has 0 heterocycles. The summed E-state index contributed by atoms with van der Waals surface area (Å²) in [6, 6.07) is 11.7. The molecule has 0 spiro atoms. The van der Waals surface area contributed by atoms with Crippen LogP contribution in [0.5, 0.6) is 5.75 Å². The number of aryl methyl sites for hydroxylation is 1. The van der Waals surface area contributed by atoms with Gasteiger partial charge in [0, 0.05) is 21.7 Å². The highest BCUT2D eigenvalue weighted by Gasteiger charge is 2.17. The van der Waals surface area contributed by atoms with E-state index in [4.69, 9.17) is 33.7 Å². The van der Waals surface area contributed by atoms with Crippen LogP contribution in [0.2, 0.25) is 10.0 Å². The zero-order chi connectivity index (χ0) is 14.8. The topological polar surface area (TPSA) is 35.2 Å². The van der Waals surface area contributed by atoms with Gasteiger partial charge < -0.3 is 10.5 Å². The van der Waals surface area contributed by atoms with Gasteiger partial charge in [-0.1, -0.05) is 35.3 Å². The lowest BCUT2D eigenvalue weighted by molar-refractivity contribution is 0.305. The van der Waals surface area contributed by atoms with Gasteiger partial charge >= 0.3 is 0 Å². The fraction of sp³-hybridized carbons (Fsp3) is 0.294. The SMILES string of the molecule is N[C@H]1CCCc2ccc(OCc3c(Cl)cccc3Cl)cc21. The van der Waals surface area contributed by atoms with Crippen molar-refractivity contribution in [1.82, 2.24) is 0 Å². The van der Waals surface area contributed by atoms with E-state index < -0.39 is 0 Å². The Hall–Kier alpha value is -1.22. The molecule has 110 valence electrons. The molecule has 1 aliphatic rings. The Labute approximate surface area is 134 Å². The molecule has 0 radical (unpaired) electrons. The molecule has 21 heavy (non-hydrogen) atoms. The number of hydrogen-bond acceptors (Lipinski definition) is 2. The second-order valence-electron chi connectivity index (χ2n) is 5.35. The molecule has 4 heteroatoms. The van der Waals surface area contributed by atoms with Gasteiger partial charge in [-0.3, -0.25) is 0 Å². The molecular weight excluding hydrogens is 305 g/mol. The Balaban J connectivity index is 1.78. The number of halogens is 2. The summed E-state index contributed by atoms with van der Waals surface area (Å²) in [6.07, 6.45) is 3.29. The fourth-order valence-electron chi connectivity index (χ4n) is 2.73. The molecule has 0 saturated carbocycles. The first-order chi connectivity index (χ1) is 10.1. The third kappa shape index (κ3) is 3.18. The molecule has 1 atom stereocenters. The molecule has 0 bridgehead atoms. The highest BCUT2D eigenvalue weighted by molar-refractivity contribution is 6.35. The number of benzene rings is 2. The van der Waals surface area contributed by atoms with Gasteiger partial charge in [0.25, 0.3) is 0 Å². The Bertz CT molecular complexity index is 637. The summed E-state index contributed by atoms with van der Waals surface area (Å²) in [7, 11) is 0. The summed E-state index contributed by atoms with van der Waals surface area (Å²) in [6.45, 7) is 0.354. The number of hydrogen-bond donors (Lipinski definition) is 1. The van der Waals surface area contributed by atoms with E-state index in [1.54, 1.807) is 0 Å². The third-order valence-corrected chi connectivity index (χ3v) is 4.63. The molecule has 0 saturated heterocycles. The van der Waals surface area contributed by atoms with Gasteiger partial charge in [0.05, 0.1) is 0 Å². The van der Waals surface area contributed by atoms with Crippen LogP contribution < -0.4 is 10.5 Å². The van der Waals surface area contributed by atoms with E-state index in [2.05, 4.69) is 6.07 Å². The number of ether oxygens (including phenoxy) is 1. The molecule has 0 unspecified atom stereocenters. The third-order valence-electron chi connectivity index (χ3n) is 3.92. The minimum Gasteiger partial charge on any atom is -0.489 e. The summed E-state index contributed by atoms with van der Waals surface area (Å²) in [5.74, 6) is 0.807. The number of fused-ring (bicyclic) bond motifs is 1. The average molecular weight is 322 g/mol. The van der Waals surface area contributed by atoms with Crippen molar-refractivity contribution in [2.24, 2.45) is 5.73 Å². The average Bonchev–Trinajstić information content (AvgIpc) is 2.47. The smallest absolute Gasteiger partial charge is 0.120 e. The second-order valence-corrected chi connectivity index (χ2v) is 6.16. The van der Waals surface area contributed by atoms with Crippen molar-refractivity contribution in [3.05, 3.63) is 63.1 Å². The molecule has 2 nitrogen and oxygen atoms in total. The summed E-state index contributed by atoms with van der Waals surface area (Å²) >= 11 is 12.3. The van der Waals surface area contributed by atoms with Crippen LogP contribution >= 0.6 is 23.2 Å². The molecule has 0 fully saturated rings. The molecule has 2 N–H and O–H groups in total. The summed E-state index contributed by atoms with van der Waals surface area (Å²) in [5, 5.41) is 1.24. The summed E-state index contributed by atoms with van der Waals surface area (Å²) < 4.78 is 5.84. The van der Waals surface area contributed by atoms with Crippen LogP contribution in [0.3, 0.4) is 0 Å². The number of rotatable bonds is 3.